The molecule has 2 heterocycles. The monoisotopic (exact) mass is 366 g/mol. The number of hydrogen-bond donors (Lipinski definition) is 0. The Bertz CT molecular complexity index is 847. The molecule has 0 spiro atoms. The molecule has 1 fully saturated rings. The van der Waals surface area contributed by atoms with Gasteiger partial charge in [-0.15, -0.1) is 0 Å². The van der Waals surface area contributed by atoms with Crippen molar-refractivity contribution in [2.45, 2.75) is 27.3 Å². The Morgan fingerprint density at radius 2 is 1.59 bits per heavy atom. The van der Waals surface area contributed by atoms with E-state index in [1.54, 1.807) is 6.07 Å². The lowest BCUT2D eigenvalue weighted by Crippen LogP contribution is -2.48. The van der Waals surface area contributed by atoms with Crippen molar-refractivity contribution in [1.82, 2.24) is 9.80 Å². The standard InChI is InChI=1S/C22H26N2O3/c1-15-10-16(2)19(17(3)11-15)13-23-6-8-24(9-7-23)22(25)18-4-5-20-21(12-18)27-14-26-20/h4-5,10-12H,6-9,13-14H2,1-3H3. The number of hydrogen-bond acceptors (Lipinski definition) is 4. The van der Waals surface area contributed by atoms with Gasteiger partial charge in [-0.2, -0.15) is 0 Å². The van der Waals surface area contributed by atoms with Gasteiger partial charge in [-0.3, -0.25) is 9.69 Å². The number of piperazine rings is 1. The van der Waals surface area contributed by atoms with Gasteiger partial charge in [0.05, 0.1) is 0 Å². The topological polar surface area (TPSA) is 42.0 Å². The fourth-order valence-electron chi connectivity index (χ4n) is 4.00. The van der Waals surface area contributed by atoms with Gasteiger partial charge in [-0.25, -0.2) is 0 Å². The Morgan fingerprint density at radius 1 is 0.926 bits per heavy atom. The van der Waals surface area contributed by atoms with Crippen LogP contribution in [0.2, 0.25) is 0 Å². The molecule has 1 amide bonds. The van der Waals surface area contributed by atoms with Gasteiger partial charge in [-0.1, -0.05) is 17.7 Å². The SMILES string of the molecule is Cc1cc(C)c(CN2CCN(C(=O)c3ccc4c(c3)OCO4)CC2)c(C)c1. The Labute approximate surface area is 160 Å². The minimum absolute atomic E-state index is 0.0654. The fraction of sp³-hybridized carbons (Fsp3) is 0.409. The van der Waals surface area contributed by atoms with Crippen molar-refractivity contribution in [1.29, 1.82) is 0 Å². The largest absolute Gasteiger partial charge is 0.454 e. The van der Waals surface area contributed by atoms with Crippen molar-refractivity contribution in [3.8, 4) is 11.5 Å². The molecule has 1 saturated heterocycles. The van der Waals surface area contributed by atoms with E-state index in [1.807, 2.05) is 17.0 Å². The van der Waals surface area contributed by atoms with Gasteiger partial charge in [0, 0.05) is 38.3 Å². The van der Waals surface area contributed by atoms with Crippen molar-refractivity contribution in [3.05, 3.63) is 58.1 Å². The molecular formula is C22H26N2O3. The lowest BCUT2D eigenvalue weighted by Gasteiger charge is -2.35. The first-order valence-electron chi connectivity index (χ1n) is 9.49. The number of amides is 1. The van der Waals surface area contributed by atoms with Crippen LogP contribution < -0.4 is 9.47 Å². The highest BCUT2D eigenvalue weighted by atomic mass is 16.7. The van der Waals surface area contributed by atoms with Crippen LogP contribution in [0.1, 0.15) is 32.6 Å². The summed E-state index contributed by atoms with van der Waals surface area (Å²) in [6.45, 7) is 11.0. The van der Waals surface area contributed by atoms with Gasteiger partial charge in [0.2, 0.25) is 6.79 Å². The molecule has 0 N–H and O–H groups in total. The molecule has 4 rings (SSSR count). The summed E-state index contributed by atoms with van der Waals surface area (Å²) in [4.78, 5) is 17.2. The number of fused-ring (bicyclic) bond motifs is 1. The molecule has 0 aliphatic carbocycles. The number of carbonyl (C=O) groups excluding carboxylic acids is 1. The predicted molar refractivity (Wildman–Crippen MR) is 104 cm³/mol. The van der Waals surface area contributed by atoms with Crippen LogP contribution in [-0.2, 0) is 6.54 Å². The minimum Gasteiger partial charge on any atom is -0.454 e. The maximum Gasteiger partial charge on any atom is 0.254 e. The maximum absolute atomic E-state index is 12.8. The van der Waals surface area contributed by atoms with E-state index >= 15 is 0 Å². The summed E-state index contributed by atoms with van der Waals surface area (Å²) >= 11 is 0. The van der Waals surface area contributed by atoms with Gasteiger partial charge in [0.25, 0.3) is 5.91 Å². The third kappa shape index (κ3) is 3.65. The first kappa shape index (κ1) is 17.9. The van der Waals surface area contributed by atoms with Crippen molar-refractivity contribution >= 4 is 5.91 Å². The molecule has 0 aromatic heterocycles. The smallest absolute Gasteiger partial charge is 0.254 e. The van der Waals surface area contributed by atoms with Gasteiger partial charge >= 0.3 is 0 Å². The van der Waals surface area contributed by atoms with Gasteiger partial charge in [0.15, 0.2) is 11.5 Å². The summed E-state index contributed by atoms with van der Waals surface area (Å²) in [5.74, 6) is 1.43. The van der Waals surface area contributed by atoms with E-state index in [1.165, 1.54) is 22.3 Å². The highest BCUT2D eigenvalue weighted by molar-refractivity contribution is 5.95. The Morgan fingerprint density at radius 3 is 2.30 bits per heavy atom. The number of aryl methyl sites for hydroxylation is 3. The molecule has 0 saturated carbocycles. The second-order valence-electron chi connectivity index (χ2n) is 7.51. The molecule has 2 aliphatic heterocycles. The molecule has 0 bridgehead atoms. The van der Waals surface area contributed by atoms with Crippen LogP contribution in [0.3, 0.4) is 0 Å². The van der Waals surface area contributed by atoms with E-state index in [2.05, 4.69) is 37.8 Å². The molecule has 5 heteroatoms. The fourth-order valence-corrected chi connectivity index (χ4v) is 4.00. The van der Waals surface area contributed by atoms with Crippen LogP contribution in [0.5, 0.6) is 11.5 Å². The van der Waals surface area contributed by atoms with Crippen molar-refractivity contribution in [3.63, 3.8) is 0 Å². The van der Waals surface area contributed by atoms with Crippen LogP contribution in [-0.4, -0.2) is 48.7 Å². The summed E-state index contributed by atoms with van der Waals surface area (Å²) < 4.78 is 10.7. The minimum atomic E-state index is 0.0654. The summed E-state index contributed by atoms with van der Waals surface area (Å²) in [6, 6.07) is 9.93. The average Bonchev–Trinajstić information content (AvgIpc) is 3.12. The molecule has 0 unspecified atom stereocenters. The zero-order valence-corrected chi connectivity index (χ0v) is 16.2. The third-order valence-corrected chi connectivity index (χ3v) is 5.50. The molecule has 142 valence electrons. The van der Waals surface area contributed by atoms with E-state index in [9.17, 15) is 4.79 Å². The van der Waals surface area contributed by atoms with Crippen LogP contribution in [0.25, 0.3) is 0 Å². The van der Waals surface area contributed by atoms with E-state index < -0.39 is 0 Å². The molecule has 2 aromatic carbocycles. The molecule has 0 atom stereocenters. The van der Waals surface area contributed by atoms with E-state index in [-0.39, 0.29) is 12.7 Å². The molecular weight excluding hydrogens is 340 g/mol. The number of benzene rings is 2. The summed E-state index contributed by atoms with van der Waals surface area (Å²) in [7, 11) is 0. The molecule has 2 aromatic rings. The molecule has 5 nitrogen and oxygen atoms in total. The average molecular weight is 366 g/mol. The van der Waals surface area contributed by atoms with Crippen molar-refractivity contribution in [2.75, 3.05) is 33.0 Å². The zero-order chi connectivity index (χ0) is 19.0. The normalized spacial score (nSPS) is 16.6. The highest BCUT2D eigenvalue weighted by Crippen LogP contribution is 2.33. The summed E-state index contributed by atoms with van der Waals surface area (Å²) in [5.41, 5.74) is 6.10. The van der Waals surface area contributed by atoms with E-state index in [4.69, 9.17) is 9.47 Å². The van der Waals surface area contributed by atoms with Crippen LogP contribution in [0.4, 0.5) is 0 Å². The van der Waals surface area contributed by atoms with E-state index in [0.717, 1.165) is 32.7 Å². The third-order valence-electron chi connectivity index (χ3n) is 5.50. The molecule has 2 aliphatic rings. The highest BCUT2D eigenvalue weighted by Gasteiger charge is 2.24. The Kier molecular flexibility index (Phi) is 4.79. The van der Waals surface area contributed by atoms with E-state index in [0.29, 0.717) is 17.1 Å². The molecule has 27 heavy (non-hydrogen) atoms. The van der Waals surface area contributed by atoms with Crippen molar-refractivity contribution < 1.29 is 14.3 Å². The lowest BCUT2D eigenvalue weighted by molar-refractivity contribution is 0.0627. The maximum atomic E-state index is 12.8. The number of carbonyl (C=O) groups is 1. The summed E-state index contributed by atoms with van der Waals surface area (Å²) in [5, 5.41) is 0. The van der Waals surface area contributed by atoms with Crippen molar-refractivity contribution in [2.24, 2.45) is 0 Å². The Balaban J connectivity index is 1.38. The van der Waals surface area contributed by atoms with Crippen LogP contribution in [0.15, 0.2) is 30.3 Å². The quantitative estimate of drug-likeness (QED) is 0.836. The summed E-state index contributed by atoms with van der Waals surface area (Å²) in [6.07, 6.45) is 0. The Hall–Kier alpha value is -2.53. The van der Waals surface area contributed by atoms with Crippen LogP contribution >= 0.6 is 0 Å². The second kappa shape index (κ2) is 7.24. The first-order valence-corrected chi connectivity index (χ1v) is 9.49. The van der Waals surface area contributed by atoms with Gasteiger partial charge < -0.3 is 14.4 Å². The number of rotatable bonds is 3. The lowest BCUT2D eigenvalue weighted by atomic mass is 9.99. The zero-order valence-electron chi connectivity index (χ0n) is 16.2. The van der Waals surface area contributed by atoms with Crippen LogP contribution in [0, 0.1) is 20.8 Å². The number of ether oxygens (including phenoxy) is 2. The predicted octanol–water partition coefficient (Wildman–Crippen LogP) is 3.30. The number of nitrogens with zero attached hydrogens (tertiary/aromatic N) is 2. The van der Waals surface area contributed by atoms with Gasteiger partial charge in [-0.05, 0) is 55.7 Å². The molecule has 0 radical (unpaired) electrons. The van der Waals surface area contributed by atoms with Gasteiger partial charge in [0.1, 0.15) is 0 Å². The second-order valence-corrected chi connectivity index (χ2v) is 7.51. The first-order chi connectivity index (χ1) is 13.0.